The maximum Gasteiger partial charge on any atom is 0.242 e. The molecular formula is C25H27N3O3. The number of nitrogens with one attached hydrogen (secondary N) is 2. The van der Waals surface area contributed by atoms with Crippen LogP contribution < -0.4 is 10.9 Å². The molecule has 2 fully saturated rings. The number of nitrogens with zero attached hydrogens (tertiary/aromatic N) is 1. The lowest BCUT2D eigenvalue weighted by atomic mass is 9.82. The summed E-state index contributed by atoms with van der Waals surface area (Å²) in [5.41, 5.74) is 9.62. The van der Waals surface area contributed by atoms with Gasteiger partial charge in [0.2, 0.25) is 5.91 Å². The minimum atomic E-state index is -0.380. The van der Waals surface area contributed by atoms with Crippen LogP contribution in [0.25, 0.3) is 0 Å². The molecule has 1 aromatic heterocycles. The summed E-state index contributed by atoms with van der Waals surface area (Å²) in [4.78, 5) is 15.4. The van der Waals surface area contributed by atoms with Crippen molar-refractivity contribution in [3.63, 3.8) is 0 Å². The molecule has 2 aromatic carbocycles. The van der Waals surface area contributed by atoms with Crippen LogP contribution in [0.5, 0.6) is 5.75 Å². The molecule has 0 spiro atoms. The molecule has 2 aliphatic heterocycles. The van der Waals surface area contributed by atoms with E-state index in [0.717, 1.165) is 16.9 Å². The highest BCUT2D eigenvalue weighted by atomic mass is 16.3. The number of carbonyl (C=O) groups is 1. The van der Waals surface area contributed by atoms with Crippen LogP contribution in [-0.4, -0.2) is 22.0 Å². The summed E-state index contributed by atoms with van der Waals surface area (Å²) in [5.74, 6) is 1.37. The van der Waals surface area contributed by atoms with Gasteiger partial charge in [0, 0.05) is 11.5 Å². The number of phenolic OH excluding ortho intramolecular Hbond substituents is 1. The fraction of sp³-hybridized carbons (Fsp3) is 0.320. The summed E-state index contributed by atoms with van der Waals surface area (Å²) in [5, 5.41) is 10.5. The molecule has 31 heavy (non-hydrogen) atoms. The van der Waals surface area contributed by atoms with E-state index < -0.39 is 0 Å². The van der Waals surface area contributed by atoms with Gasteiger partial charge < -0.3 is 14.4 Å². The largest absolute Gasteiger partial charge is 0.508 e. The molecule has 4 unspecified atom stereocenters. The Bertz CT molecular complexity index is 1060. The average Bonchev–Trinajstić information content (AvgIpc) is 3.49. The first-order valence-electron chi connectivity index (χ1n) is 10.8. The highest BCUT2D eigenvalue weighted by molar-refractivity contribution is 5.86. The Morgan fingerprint density at radius 1 is 1.00 bits per heavy atom. The van der Waals surface area contributed by atoms with E-state index in [-0.39, 0.29) is 35.7 Å². The molecular weight excluding hydrogens is 390 g/mol. The normalized spacial score (nSPS) is 25.4. The van der Waals surface area contributed by atoms with E-state index >= 15 is 0 Å². The number of aromatic hydroxyl groups is 1. The van der Waals surface area contributed by atoms with E-state index in [1.165, 1.54) is 5.56 Å². The zero-order chi connectivity index (χ0) is 21.5. The van der Waals surface area contributed by atoms with Crippen molar-refractivity contribution < 1.29 is 14.3 Å². The summed E-state index contributed by atoms with van der Waals surface area (Å²) >= 11 is 0. The van der Waals surface area contributed by atoms with Crippen molar-refractivity contribution in [1.82, 2.24) is 15.8 Å². The van der Waals surface area contributed by atoms with E-state index in [4.69, 9.17) is 4.42 Å². The number of phenols is 1. The Morgan fingerprint density at radius 2 is 1.74 bits per heavy atom. The summed E-state index contributed by atoms with van der Waals surface area (Å²) in [6.07, 6.45) is 1.63. The average molecular weight is 418 g/mol. The Labute approximate surface area is 181 Å². The first kappa shape index (κ1) is 19.8. The summed E-state index contributed by atoms with van der Waals surface area (Å²) < 4.78 is 5.56. The molecule has 0 radical (unpaired) electrons. The van der Waals surface area contributed by atoms with E-state index in [2.05, 4.69) is 49.0 Å². The van der Waals surface area contributed by atoms with Gasteiger partial charge in [-0.2, -0.15) is 0 Å². The van der Waals surface area contributed by atoms with Crippen LogP contribution in [0.15, 0.2) is 71.3 Å². The van der Waals surface area contributed by atoms with Gasteiger partial charge in [-0.1, -0.05) is 56.3 Å². The molecule has 1 amide bonds. The molecule has 0 bridgehead atoms. The number of amides is 1. The second-order valence-electron chi connectivity index (χ2n) is 8.69. The highest BCUT2D eigenvalue weighted by Gasteiger charge is 2.55. The number of rotatable bonds is 5. The molecule has 4 atom stereocenters. The lowest BCUT2D eigenvalue weighted by Gasteiger charge is -2.31. The van der Waals surface area contributed by atoms with Crippen LogP contribution in [0.1, 0.15) is 54.3 Å². The minimum absolute atomic E-state index is 0.0322. The van der Waals surface area contributed by atoms with Gasteiger partial charge in [0.25, 0.3) is 0 Å². The van der Waals surface area contributed by atoms with Crippen molar-refractivity contribution in [2.24, 2.45) is 5.92 Å². The number of hydrazine groups is 1. The zero-order valence-corrected chi connectivity index (χ0v) is 17.7. The van der Waals surface area contributed by atoms with Crippen LogP contribution in [0.2, 0.25) is 0 Å². The molecule has 6 heteroatoms. The maximum absolute atomic E-state index is 13.5. The molecule has 3 aromatic rings. The van der Waals surface area contributed by atoms with Crippen LogP contribution in [0.4, 0.5) is 0 Å². The number of likely N-dealkylation sites (tertiary alicyclic amines) is 1. The third-order valence-electron chi connectivity index (χ3n) is 6.54. The standard InChI is InChI=1S/C25H27N3O3/c1-15(2)16-9-11-17(12-10-16)24-21-22(19-7-3-4-8-20(19)29)26-27-23(21)25(30)28(24)14-18-6-5-13-31-18/h3-13,15,21-24,26-27,29H,14H2,1-2H3. The third-order valence-corrected chi connectivity index (χ3v) is 6.54. The third kappa shape index (κ3) is 3.42. The van der Waals surface area contributed by atoms with Gasteiger partial charge >= 0.3 is 0 Å². The smallest absolute Gasteiger partial charge is 0.242 e. The predicted molar refractivity (Wildman–Crippen MR) is 117 cm³/mol. The van der Waals surface area contributed by atoms with Gasteiger partial charge in [0.1, 0.15) is 17.6 Å². The van der Waals surface area contributed by atoms with E-state index in [1.54, 1.807) is 12.3 Å². The molecule has 0 saturated carbocycles. The van der Waals surface area contributed by atoms with E-state index in [9.17, 15) is 9.90 Å². The lowest BCUT2D eigenvalue weighted by Crippen LogP contribution is -2.41. The Hall–Kier alpha value is -3.09. The first-order chi connectivity index (χ1) is 15.0. The van der Waals surface area contributed by atoms with Crippen molar-refractivity contribution in [3.8, 4) is 5.75 Å². The number of hydrogen-bond acceptors (Lipinski definition) is 5. The first-order valence-corrected chi connectivity index (χ1v) is 10.8. The van der Waals surface area contributed by atoms with Gasteiger partial charge in [-0.25, -0.2) is 10.9 Å². The maximum atomic E-state index is 13.5. The minimum Gasteiger partial charge on any atom is -0.508 e. The number of fused-ring (bicyclic) bond motifs is 1. The molecule has 3 N–H and O–H groups in total. The molecule has 6 nitrogen and oxygen atoms in total. The number of furan rings is 1. The van der Waals surface area contributed by atoms with E-state index in [1.807, 2.05) is 35.2 Å². The van der Waals surface area contributed by atoms with Crippen molar-refractivity contribution in [1.29, 1.82) is 0 Å². The van der Waals surface area contributed by atoms with Crippen molar-refractivity contribution in [2.75, 3.05) is 0 Å². The second kappa shape index (κ2) is 7.87. The summed E-state index contributed by atoms with van der Waals surface area (Å²) in [6, 6.07) is 18.9. The van der Waals surface area contributed by atoms with Crippen molar-refractivity contribution in [3.05, 3.63) is 89.4 Å². The topological polar surface area (TPSA) is 77.7 Å². The van der Waals surface area contributed by atoms with Gasteiger partial charge in [-0.3, -0.25) is 4.79 Å². The molecule has 2 aliphatic rings. The van der Waals surface area contributed by atoms with Crippen LogP contribution in [0.3, 0.4) is 0 Å². The Balaban J connectivity index is 1.57. The fourth-order valence-corrected chi connectivity index (χ4v) is 4.94. The van der Waals surface area contributed by atoms with Gasteiger partial charge in [0.15, 0.2) is 0 Å². The Kier molecular flexibility index (Phi) is 5.04. The number of carbonyl (C=O) groups excluding carboxylic acids is 1. The second-order valence-corrected chi connectivity index (χ2v) is 8.69. The number of benzene rings is 2. The summed E-state index contributed by atoms with van der Waals surface area (Å²) in [6.45, 7) is 4.75. The molecule has 160 valence electrons. The van der Waals surface area contributed by atoms with Gasteiger partial charge in [0.05, 0.1) is 24.9 Å². The van der Waals surface area contributed by atoms with Crippen LogP contribution >= 0.6 is 0 Å². The predicted octanol–water partition coefficient (Wildman–Crippen LogP) is 4.03. The van der Waals surface area contributed by atoms with Crippen LogP contribution in [0, 0.1) is 5.92 Å². The van der Waals surface area contributed by atoms with Crippen LogP contribution in [-0.2, 0) is 11.3 Å². The SMILES string of the molecule is CC(C)c1ccc(C2C3C(NNC3c3ccccc3O)C(=O)N2Cc2ccco2)cc1. The lowest BCUT2D eigenvalue weighted by molar-refractivity contribution is -0.131. The summed E-state index contributed by atoms with van der Waals surface area (Å²) in [7, 11) is 0. The molecule has 5 rings (SSSR count). The number of para-hydroxylation sites is 1. The number of hydrogen-bond donors (Lipinski definition) is 3. The quantitative estimate of drug-likeness (QED) is 0.584. The van der Waals surface area contributed by atoms with Gasteiger partial charge in [-0.15, -0.1) is 0 Å². The van der Waals surface area contributed by atoms with E-state index in [0.29, 0.717) is 12.5 Å². The highest BCUT2D eigenvalue weighted by Crippen LogP contribution is 2.49. The monoisotopic (exact) mass is 417 g/mol. The fourth-order valence-electron chi connectivity index (χ4n) is 4.94. The molecule has 0 aliphatic carbocycles. The van der Waals surface area contributed by atoms with Crippen molar-refractivity contribution >= 4 is 5.91 Å². The zero-order valence-electron chi connectivity index (χ0n) is 17.7. The van der Waals surface area contributed by atoms with Gasteiger partial charge in [-0.05, 0) is 35.2 Å². The van der Waals surface area contributed by atoms with Crippen molar-refractivity contribution in [2.45, 2.75) is 44.4 Å². The Morgan fingerprint density at radius 3 is 2.42 bits per heavy atom. The molecule has 3 heterocycles. The molecule has 2 saturated heterocycles.